The van der Waals surface area contributed by atoms with Gasteiger partial charge in [-0.15, -0.1) is 0 Å². The van der Waals surface area contributed by atoms with E-state index in [4.69, 9.17) is 10.5 Å². The molecule has 0 saturated carbocycles. The third kappa shape index (κ3) is 2.71. The number of para-hydroxylation sites is 1. The van der Waals surface area contributed by atoms with Crippen molar-refractivity contribution in [2.75, 3.05) is 12.8 Å². The van der Waals surface area contributed by atoms with Gasteiger partial charge < -0.3 is 20.8 Å². The lowest BCUT2D eigenvalue weighted by Gasteiger charge is -2.07. The Labute approximate surface area is 127 Å². The predicted molar refractivity (Wildman–Crippen MR) is 84.7 cm³/mol. The van der Waals surface area contributed by atoms with Crippen molar-refractivity contribution in [1.82, 2.24) is 15.3 Å². The van der Waals surface area contributed by atoms with Crippen molar-refractivity contribution in [2.45, 2.75) is 6.54 Å². The topological polar surface area (TPSA) is 93.0 Å². The zero-order valence-corrected chi connectivity index (χ0v) is 12.1. The Kier molecular flexibility index (Phi) is 3.65. The second-order valence-corrected chi connectivity index (χ2v) is 4.86. The molecule has 2 aromatic carbocycles. The lowest BCUT2D eigenvalue weighted by molar-refractivity contribution is 0.0952. The van der Waals surface area contributed by atoms with Gasteiger partial charge in [0.05, 0.1) is 18.2 Å². The number of aromatic nitrogens is 2. The molecule has 6 heteroatoms. The number of anilines is 1. The van der Waals surface area contributed by atoms with Gasteiger partial charge in [0.2, 0.25) is 0 Å². The fourth-order valence-electron chi connectivity index (χ4n) is 2.29. The first kappa shape index (κ1) is 13.9. The van der Waals surface area contributed by atoms with Crippen molar-refractivity contribution < 1.29 is 9.53 Å². The number of methoxy groups -OCH3 is 1. The van der Waals surface area contributed by atoms with Gasteiger partial charge in [-0.05, 0) is 29.8 Å². The number of carbonyl (C=O) groups is 1. The van der Waals surface area contributed by atoms with Gasteiger partial charge in [0.1, 0.15) is 11.3 Å². The molecule has 1 heterocycles. The molecule has 0 aliphatic heterocycles. The van der Waals surface area contributed by atoms with Crippen molar-refractivity contribution in [3.63, 3.8) is 0 Å². The van der Waals surface area contributed by atoms with Gasteiger partial charge in [-0.25, -0.2) is 4.98 Å². The largest absolute Gasteiger partial charge is 0.497 e. The normalized spacial score (nSPS) is 10.6. The second-order valence-electron chi connectivity index (χ2n) is 4.86. The first-order valence-electron chi connectivity index (χ1n) is 6.82. The van der Waals surface area contributed by atoms with Crippen LogP contribution in [0.1, 0.15) is 15.9 Å². The maximum Gasteiger partial charge on any atom is 0.253 e. The summed E-state index contributed by atoms with van der Waals surface area (Å²) in [7, 11) is 1.61. The summed E-state index contributed by atoms with van der Waals surface area (Å²) in [4.78, 5) is 19.4. The molecule has 0 saturated heterocycles. The van der Waals surface area contributed by atoms with E-state index in [-0.39, 0.29) is 5.91 Å². The minimum Gasteiger partial charge on any atom is -0.497 e. The highest BCUT2D eigenvalue weighted by atomic mass is 16.5. The number of amides is 1. The molecule has 0 spiro atoms. The Hall–Kier alpha value is -3.02. The molecule has 0 aliphatic rings. The summed E-state index contributed by atoms with van der Waals surface area (Å²) in [5, 5.41) is 2.88. The maximum atomic E-state index is 12.4. The van der Waals surface area contributed by atoms with E-state index in [1.807, 2.05) is 30.3 Å². The fraction of sp³-hybridized carbons (Fsp3) is 0.125. The van der Waals surface area contributed by atoms with Crippen LogP contribution in [0.25, 0.3) is 11.0 Å². The first-order valence-corrected chi connectivity index (χ1v) is 6.82. The second kappa shape index (κ2) is 5.77. The Morgan fingerprint density at radius 1 is 1.32 bits per heavy atom. The van der Waals surface area contributed by atoms with Gasteiger partial charge in [-0.2, -0.15) is 0 Å². The smallest absolute Gasteiger partial charge is 0.253 e. The highest BCUT2D eigenvalue weighted by molar-refractivity contribution is 6.05. The summed E-state index contributed by atoms with van der Waals surface area (Å²) in [6, 6.07) is 12.9. The maximum absolute atomic E-state index is 12.4. The zero-order valence-electron chi connectivity index (χ0n) is 12.1. The number of carbonyl (C=O) groups excluding carboxylic acids is 1. The van der Waals surface area contributed by atoms with Gasteiger partial charge in [0.15, 0.2) is 5.95 Å². The SMILES string of the molecule is COc1cccc(CNC(=O)c2cccc3[nH]c(N)nc23)c1. The van der Waals surface area contributed by atoms with Crippen LogP contribution in [0.2, 0.25) is 0 Å². The van der Waals surface area contributed by atoms with Crippen molar-refractivity contribution in [1.29, 1.82) is 0 Å². The number of imidazole rings is 1. The van der Waals surface area contributed by atoms with Crippen molar-refractivity contribution in [2.24, 2.45) is 0 Å². The van der Waals surface area contributed by atoms with Crippen LogP contribution < -0.4 is 15.8 Å². The molecule has 0 fully saturated rings. The molecule has 0 atom stereocenters. The molecule has 112 valence electrons. The highest BCUT2D eigenvalue weighted by Gasteiger charge is 2.12. The van der Waals surface area contributed by atoms with Gasteiger partial charge in [0.25, 0.3) is 5.91 Å². The standard InChI is InChI=1S/C16H16N4O2/c1-22-11-5-2-4-10(8-11)9-18-15(21)12-6-3-7-13-14(12)20-16(17)19-13/h2-8H,9H2,1H3,(H,18,21)(H3,17,19,20). The number of nitrogens with two attached hydrogens (primary N) is 1. The third-order valence-electron chi connectivity index (χ3n) is 3.36. The fourth-order valence-corrected chi connectivity index (χ4v) is 2.29. The van der Waals surface area contributed by atoms with E-state index in [0.717, 1.165) is 16.8 Å². The van der Waals surface area contributed by atoms with Crippen LogP contribution in [0.5, 0.6) is 5.75 Å². The lowest BCUT2D eigenvalue weighted by Crippen LogP contribution is -2.23. The van der Waals surface area contributed by atoms with Gasteiger partial charge in [-0.1, -0.05) is 18.2 Å². The Morgan fingerprint density at radius 2 is 2.14 bits per heavy atom. The van der Waals surface area contributed by atoms with Gasteiger partial charge >= 0.3 is 0 Å². The van der Waals surface area contributed by atoms with Gasteiger partial charge in [-0.3, -0.25) is 4.79 Å². The number of nitrogens with one attached hydrogen (secondary N) is 2. The van der Waals surface area contributed by atoms with E-state index in [0.29, 0.717) is 23.6 Å². The molecule has 0 aliphatic carbocycles. The van der Waals surface area contributed by atoms with E-state index >= 15 is 0 Å². The van der Waals surface area contributed by atoms with E-state index < -0.39 is 0 Å². The molecule has 1 aromatic heterocycles. The minimum absolute atomic E-state index is 0.195. The Bertz CT molecular complexity index is 826. The van der Waals surface area contributed by atoms with Crippen LogP contribution in [0.4, 0.5) is 5.95 Å². The number of H-pyrrole nitrogens is 1. The first-order chi connectivity index (χ1) is 10.7. The Balaban J connectivity index is 1.78. The Morgan fingerprint density at radius 3 is 2.95 bits per heavy atom. The molecule has 3 rings (SSSR count). The molecular formula is C16H16N4O2. The number of hydrogen-bond donors (Lipinski definition) is 3. The third-order valence-corrected chi connectivity index (χ3v) is 3.36. The number of rotatable bonds is 4. The minimum atomic E-state index is -0.195. The molecular weight excluding hydrogens is 280 g/mol. The summed E-state index contributed by atoms with van der Waals surface area (Å²) in [6.45, 7) is 0.409. The molecule has 22 heavy (non-hydrogen) atoms. The van der Waals surface area contributed by atoms with E-state index in [1.54, 1.807) is 19.2 Å². The molecule has 3 aromatic rings. The van der Waals surface area contributed by atoms with Crippen LogP contribution in [0.3, 0.4) is 0 Å². The van der Waals surface area contributed by atoms with Crippen molar-refractivity contribution in [3.8, 4) is 5.75 Å². The molecule has 0 bridgehead atoms. The van der Waals surface area contributed by atoms with E-state index in [9.17, 15) is 4.79 Å². The van der Waals surface area contributed by atoms with Crippen LogP contribution in [0.15, 0.2) is 42.5 Å². The molecule has 4 N–H and O–H groups in total. The average molecular weight is 296 g/mol. The summed E-state index contributed by atoms with van der Waals surface area (Å²) in [5.41, 5.74) is 8.41. The zero-order chi connectivity index (χ0) is 15.5. The van der Waals surface area contributed by atoms with E-state index in [2.05, 4.69) is 15.3 Å². The molecule has 6 nitrogen and oxygen atoms in total. The molecule has 1 amide bonds. The highest BCUT2D eigenvalue weighted by Crippen LogP contribution is 2.18. The van der Waals surface area contributed by atoms with Crippen LogP contribution in [-0.2, 0) is 6.54 Å². The van der Waals surface area contributed by atoms with Crippen LogP contribution in [-0.4, -0.2) is 23.0 Å². The van der Waals surface area contributed by atoms with Gasteiger partial charge in [0, 0.05) is 6.54 Å². The summed E-state index contributed by atoms with van der Waals surface area (Å²) in [6.07, 6.45) is 0. The van der Waals surface area contributed by atoms with Crippen molar-refractivity contribution in [3.05, 3.63) is 53.6 Å². The molecule has 0 radical (unpaired) electrons. The van der Waals surface area contributed by atoms with Crippen molar-refractivity contribution >= 4 is 22.9 Å². The number of hydrogen-bond acceptors (Lipinski definition) is 4. The monoisotopic (exact) mass is 296 g/mol. The lowest BCUT2D eigenvalue weighted by atomic mass is 10.1. The number of nitrogens with zero attached hydrogens (tertiary/aromatic N) is 1. The summed E-state index contributed by atoms with van der Waals surface area (Å²) >= 11 is 0. The number of ether oxygens (including phenoxy) is 1. The summed E-state index contributed by atoms with van der Waals surface area (Å²) in [5.74, 6) is 0.858. The predicted octanol–water partition coefficient (Wildman–Crippen LogP) is 2.08. The number of benzene rings is 2. The van der Waals surface area contributed by atoms with Crippen LogP contribution in [0, 0.1) is 0 Å². The number of aromatic amines is 1. The average Bonchev–Trinajstić information content (AvgIpc) is 2.92. The van der Waals surface area contributed by atoms with Crippen LogP contribution >= 0.6 is 0 Å². The number of nitrogen functional groups attached to an aromatic ring is 1. The number of fused-ring (bicyclic) bond motifs is 1. The summed E-state index contributed by atoms with van der Waals surface area (Å²) < 4.78 is 5.17. The molecule has 0 unspecified atom stereocenters. The quantitative estimate of drug-likeness (QED) is 0.687. The van der Waals surface area contributed by atoms with E-state index in [1.165, 1.54) is 0 Å².